The van der Waals surface area contributed by atoms with Gasteiger partial charge in [-0.15, -0.1) is 0 Å². The minimum atomic E-state index is 0.467. The van der Waals surface area contributed by atoms with Crippen LogP contribution >= 0.6 is 0 Å². The van der Waals surface area contributed by atoms with Crippen molar-refractivity contribution in [2.24, 2.45) is 16.3 Å². The molecule has 0 aromatic heterocycles. The molecule has 0 spiro atoms. The lowest BCUT2D eigenvalue weighted by Gasteiger charge is -2.39. The first-order valence-corrected chi connectivity index (χ1v) is 8.34. The quantitative estimate of drug-likeness (QED) is 0.504. The van der Waals surface area contributed by atoms with Gasteiger partial charge in [-0.3, -0.25) is 9.79 Å². The summed E-state index contributed by atoms with van der Waals surface area (Å²) in [6, 6.07) is 0. The van der Waals surface area contributed by atoms with Crippen molar-refractivity contribution in [3.05, 3.63) is 11.8 Å². The molecule has 3 heteroatoms. The first-order valence-electron chi connectivity index (χ1n) is 8.34. The van der Waals surface area contributed by atoms with E-state index in [-0.39, 0.29) is 0 Å². The van der Waals surface area contributed by atoms with E-state index in [9.17, 15) is 4.79 Å². The predicted octanol–water partition coefficient (Wildman–Crippen LogP) is 4.44. The predicted molar refractivity (Wildman–Crippen MR) is 90.5 cm³/mol. The molecular weight excluding hydrogens is 260 g/mol. The minimum absolute atomic E-state index is 0.467. The van der Waals surface area contributed by atoms with Crippen LogP contribution in [0.1, 0.15) is 66.2 Å². The van der Waals surface area contributed by atoms with Crippen LogP contribution in [0, 0.1) is 11.3 Å². The van der Waals surface area contributed by atoms with Crippen LogP contribution in [-0.2, 0) is 4.79 Å². The van der Waals surface area contributed by atoms with Crippen molar-refractivity contribution < 1.29 is 4.79 Å². The van der Waals surface area contributed by atoms with Crippen molar-refractivity contribution in [1.82, 2.24) is 4.90 Å². The SMILES string of the molecule is CCC(/C=C(\C)N(C=O)CC1CCCC(C)(CC)C1)=NC. The molecule has 0 aromatic carbocycles. The fourth-order valence-electron chi connectivity index (χ4n) is 3.39. The highest BCUT2D eigenvalue weighted by atomic mass is 16.1. The number of carbonyl (C=O) groups excluding carboxylic acids is 1. The van der Waals surface area contributed by atoms with Gasteiger partial charge in [0.2, 0.25) is 6.41 Å². The summed E-state index contributed by atoms with van der Waals surface area (Å²) < 4.78 is 0. The molecule has 2 unspecified atom stereocenters. The first-order chi connectivity index (χ1) is 9.97. The van der Waals surface area contributed by atoms with Crippen molar-refractivity contribution in [2.45, 2.75) is 66.2 Å². The number of hydrogen-bond acceptors (Lipinski definition) is 2. The van der Waals surface area contributed by atoms with Gasteiger partial charge in [-0.2, -0.15) is 0 Å². The highest BCUT2D eigenvalue weighted by molar-refractivity contribution is 5.95. The Labute approximate surface area is 130 Å². The lowest BCUT2D eigenvalue weighted by Crippen LogP contribution is -2.33. The standard InChI is InChI=1S/C18H32N2O/c1-6-17(19-5)11-15(3)20(14-21)13-16-9-8-10-18(4,7-2)12-16/h11,14,16H,6-10,12-13H2,1-5H3/b15-11+,19-17?. The maximum Gasteiger partial charge on any atom is 0.213 e. The molecule has 21 heavy (non-hydrogen) atoms. The summed E-state index contributed by atoms with van der Waals surface area (Å²) in [6.07, 6.45) is 10.3. The molecule has 1 rings (SSSR count). The Hall–Kier alpha value is -1.12. The van der Waals surface area contributed by atoms with Gasteiger partial charge in [-0.25, -0.2) is 0 Å². The molecule has 0 bridgehead atoms. The van der Waals surface area contributed by atoms with Gasteiger partial charge in [-0.1, -0.05) is 33.6 Å². The van der Waals surface area contributed by atoms with E-state index in [0.717, 1.165) is 30.8 Å². The van der Waals surface area contributed by atoms with Gasteiger partial charge in [0.05, 0.1) is 0 Å². The molecule has 3 nitrogen and oxygen atoms in total. The average molecular weight is 292 g/mol. The minimum Gasteiger partial charge on any atom is -0.319 e. The Balaban J connectivity index is 2.71. The van der Waals surface area contributed by atoms with Crippen LogP contribution in [0.3, 0.4) is 0 Å². The van der Waals surface area contributed by atoms with Crippen LogP contribution in [0.25, 0.3) is 0 Å². The zero-order valence-electron chi connectivity index (χ0n) is 14.5. The number of rotatable bonds is 7. The van der Waals surface area contributed by atoms with Gasteiger partial charge in [0.25, 0.3) is 0 Å². The molecule has 0 saturated heterocycles. The van der Waals surface area contributed by atoms with Crippen LogP contribution in [0.5, 0.6) is 0 Å². The number of nitrogens with zero attached hydrogens (tertiary/aromatic N) is 2. The number of carbonyl (C=O) groups is 1. The Kier molecular flexibility index (Phi) is 7.13. The number of hydrogen-bond donors (Lipinski definition) is 0. The maximum absolute atomic E-state index is 11.5. The summed E-state index contributed by atoms with van der Waals surface area (Å²) in [4.78, 5) is 17.6. The zero-order valence-corrected chi connectivity index (χ0v) is 14.5. The number of amides is 1. The highest BCUT2D eigenvalue weighted by Gasteiger charge is 2.31. The van der Waals surface area contributed by atoms with Crippen LogP contribution in [0.4, 0.5) is 0 Å². The van der Waals surface area contributed by atoms with E-state index in [1.807, 2.05) is 24.9 Å². The molecule has 2 atom stereocenters. The van der Waals surface area contributed by atoms with E-state index in [2.05, 4.69) is 25.8 Å². The van der Waals surface area contributed by atoms with Gasteiger partial charge in [0, 0.05) is 25.0 Å². The Morgan fingerprint density at radius 1 is 1.43 bits per heavy atom. The summed E-state index contributed by atoms with van der Waals surface area (Å²) in [5.41, 5.74) is 2.52. The van der Waals surface area contributed by atoms with E-state index in [1.165, 1.54) is 32.1 Å². The van der Waals surface area contributed by atoms with Crippen molar-refractivity contribution in [1.29, 1.82) is 0 Å². The summed E-state index contributed by atoms with van der Waals surface area (Å²) >= 11 is 0. The molecule has 1 saturated carbocycles. The van der Waals surface area contributed by atoms with Crippen molar-refractivity contribution in [3.63, 3.8) is 0 Å². The van der Waals surface area contributed by atoms with Crippen molar-refractivity contribution in [2.75, 3.05) is 13.6 Å². The molecule has 1 aliphatic carbocycles. The molecule has 0 N–H and O–H groups in total. The summed E-state index contributed by atoms with van der Waals surface area (Å²) in [7, 11) is 1.81. The zero-order chi connectivity index (χ0) is 15.9. The maximum atomic E-state index is 11.5. The lowest BCUT2D eigenvalue weighted by atomic mass is 9.69. The van der Waals surface area contributed by atoms with Crippen LogP contribution in [-0.4, -0.2) is 30.6 Å². The number of allylic oxidation sites excluding steroid dienone is 2. The average Bonchev–Trinajstić information content (AvgIpc) is 2.50. The molecule has 0 aromatic rings. The molecule has 1 amide bonds. The van der Waals surface area contributed by atoms with Crippen molar-refractivity contribution in [3.8, 4) is 0 Å². The molecule has 0 aliphatic heterocycles. The van der Waals surface area contributed by atoms with Gasteiger partial charge >= 0.3 is 0 Å². The van der Waals surface area contributed by atoms with E-state index in [1.54, 1.807) is 0 Å². The van der Waals surface area contributed by atoms with Crippen LogP contribution in [0.15, 0.2) is 16.8 Å². The third-order valence-corrected chi connectivity index (χ3v) is 5.09. The van der Waals surface area contributed by atoms with Crippen LogP contribution < -0.4 is 0 Å². The van der Waals surface area contributed by atoms with Gasteiger partial charge < -0.3 is 4.90 Å². The monoisotopic (exact) mass is 292 g/mol. The lowest BCUT2D eigenvalue weighted by molar-refractivity contribution is -0.117. The summed E-state index contributed by atoms with van der Waals surface area (Å²) in [5.74, 6) is 0.626. The second-order valence-corrected chi connectivity index (χ2v) is 6.74. The highest BCUT2D eigenvalue weighted by Crippen LogP contribution is 2.41. The molecule has 120 valence electrons. The van der Waals surface area contributed by atoms with Gasteiger partial charge in [-0.05, 0) is 50.0 Å². The first kappa shape index (κ1) is 17.9. The molecular formula is C18H32N2O. The normalized spacial score (nSPS) is 27.6. The summed E-state index contributed by atoms with van der Waals surface area (Å²) in [6.45, 7) is 9.63. The summed E-state index contributed by atoms with van der Waals surface area (Å²) in [5, 5.41) is 0. The van der Waals surface area contributed by atoms with Crippen molar-refractivity contribution >= 4 is 12.1 Å². The van der Waals surface area contributed by atoms with E-state index >= 15 is 0 Å². The van der Waals surface area contributed by atoms with E-state index in [4.69, 9.17) is 0 Å². The third-order valence-electron chi connectivity index (χ3n) is 5.09. The Bertz CT molecular complexity index is 400. The smallest absolute Gasteiger partial charge is 0.213 e. The topological polar surface area (TPSA) is 32.7 Å². The van der Waals surface area contributed by atoms with Gasteiger partial charge in [0.1, 0.15) is 0 Å². The van der Waals surface area contributed by atoms with E-state index in [0.29, 0.717) is 11.3 Å². The Morgan fingerprint density at radius 2 is 2.14 bits per heavy atom. The van der Waals surface area contributed by atoms with Gasteiger partial charge in [0.15, 0.2) is 0 Å². The fraction of sp³-hybridized carbons (Fsp3) is 0.778. The molecule has 1 fully saturated rings. The third kappa shape index (κ3) is 5.29. The van der Waals surface area contributed by atoms with Crippen LogP contribution in [0.2, 0.25) is 0 Å². The second kappa shape index (κ2) is 8.35. The Morgan fingerprint density at radius 3 is 2.67 bits per heavy atom. The molecule has 1 aliphatic rings. The second-order valence-electron chi connectivity index (χ2n) is 6.74. The molecule has 0 heterocycles. The largest absolute Gasteiger partial charge is 0.319 e. The number of aliphatic imine (C=N–C) groups is 1. The van der Waals surface area contributed by atoms with E-state index < -0.39 is 0 Å². The molecule has 0 radical (unpaired) electrons. The fourth-order valence-corrected chi connectivity index (χ4v) is 3.39.